The highest BCUT2D eigenvalue weighted by Crippen LogP contribution is 2.31. The second-order valence-corrected chi connectivity index (χ2v) is 8.80. The van der Waals surface area contributed by atoms with Crippen LogP contribution in [0.1, 0.15) is 12.0 Å². The van der Waals surface area contributed by atoms with Crippen LogP contribution in [0.25, 0.3) is 0 Å². The molecule has 0 aliphatic rings. The lowest BCUT2D eigenvalue weighted by Gasteiger charge is -2.25. The van der Waals surface area contributed by atoms with Crippen molar-refractivity contribution < 1.29 is 17.9 Å². The maximum Gasteiger partial charge on any atom is 0.264 e. The summed E-state index contributed by atoms with van der Waals surface area (Å²) >= 11 is 0. The molecular formula is C24H26N2O4S. The maximum atomic E-state index is 13.3. The lowest BCUT2D eigenvalue weighted by Crippen LogP contribution is -2.41. The molecule has 0 aliphatic carbocycles. The van der Waals surface area contributed by atoms with Crippen molar-refractivity contribution in [2.75, 3.05) is 24.5 Å². The molecule has 0 spiro atoms. The Labute approximate surface area is 183 Å². The number of hydrogen-bond donors (Lipinski definition) is 1. The molecule has 7 heteroatoms. The minimum Gasteiger partial charge on any atom is -0.495 e. The number of nitrogens with one attached hydrogen (secondary N) is 1. The first-order valence-electron chi connectivity index (χ1n) is 10.0. The number of methoxy groups -OCH3 is 1. The number of carbonyl (C=O) groups excluding carboxylic acids is 1. The average molecular weight is 439 g/mol. The molecule has 3 aromatic carbocycles. The molecule has 6 nitrogen and oxygen atoms in total. The van der Waals surface area contributed by atoms with Crippen molar-refractivity contribution >= 4 is 21.6 Å². The minimum atomic E-state index is -3.96. The van der Waals surface area contributed by atoms with E-state index in [0.717, 1.165) is 17.1 Å². The van der Waals surface area contributed by atoms with E-state index in [-0.39, 0.29) is 17.3 Å². The number of hydrogen-bond acceptors (Lipinski definition) is 4. The summed E-state index contributed by atoms with van der Waals surface area (Å²) in [6.07, 6.45) is 1.59. The highest BCUT2D eigenvalue weighted by atomic mass is 32.2. The number of para-hydroxylation sites is 2. The Morgan fingerprint density at radius 3 is 2.19 bits per heavy atom. The number of anilines is 1. The highest BCUT2D eigenvalue weighted by Gasteiger charge is 2.29. The van der Waals surface area contributed by atoms with E-state index in [1.54, 1.807) is 42.5 Å². The van der Waals surface area contributed by atoms with Gasteiger partial charge in [0.25, 0.3) is 10.0 Å². The Morgan fingerprint density at radius 2 is 1.52 bits per heavy atom. The summed E-state index contributed by atoms with van der Waals surface area (Å²) < 4.78 is 33.1. The van der Waals surface area contributed by atoms with Gasteiger partial charge in [-0.25, -0.2) is 8.42 Å². The summed E-state index contributed by atoms with van der Waals surface area (Å²) in [4.78, 5) is 12.8. The van der Waals surface area contributed by atoms with Gasteiger partial charge in [-0.3, -0.25) is 9.10 Å². The van der Waals surface area contributed by atoms with E-state index >= 15 is 0 Å². The Kier molecular flexibility index (Phi) is 7.67. The zero-order valence-electron chi connectivity index (χ0n) is 17.4. The van der Waals surface area contributed by atoms with Gasteiger partial charge in [0.2, 0.25) is 5.91 Å². The van der Waals surface area contributed by atoms with Crippen molar-refractivity contribution in [3.63, 3.8) is 0 Å². The molecule has 1 N–H and O–H groups in total. The molecule has 0 saturated carbocycles. The van der Waals surface area contributed by atoms with Gasteiger partial charge in [0, 0.05) is 6.54 Å². The first kappa shape index (κ1) is 22.4. The van der Waals surface area contributed by atoms with Crippen LogP contribution in [-0.2, 0) is 21.2 Å². The number of ether oxygens (including phenoxy) is 1. The van der Waals surface area contributed by atoms with Crippen molar-refractivity contribution in [3.05, 3.63) is 90.5 Å². The molecule has 0 aromatic heterocycles. The van der Waals surface area contributed by atoms with Gasteiger partial charge >= 0.3 is 0 Å². The zero-order chi connectivity index (χ0) is 22.1. The molecule has 162 valence electrons. The highest BCUT2D eigenvalue weighted by molar-refractivity contribution is 7.92. The molecule has 0 atom stereocenters. The second kappa shape index (κ2) is 10.6. The monoisotopic (exact) mass is 438 g/mol. The number of benzene rings is 3. The van der Waals surface area contributed by atoms with Crippen LogP contribution in [-0.4, -0.2) is 34.5 Å². The van der Waals surface area contributed by atoms with Crippen LogP contribution in [0, 0.1) is 0 Å². The Hall–Kier alpha value is -3.32. The van der Waals surface area contributed by atoms with Crippen molar-refractivity contribution in [2.24, 2.45) is 0 Å². The summed E-state index contributed by atoms with van der Waals surface area (Å²) in [6.45, 7) is 0.113. The summed E-state index contributed by atoms with van der Waals surface area (Å²) in [5, 5.41) is 2.83. The predicted octanol–water partition coefficient (Wildman–Crippen LogP) is 3.64. The summed E-state index contributed by atoms with van der Waals surface area (Å²) in [5.74, 6) is -0.00245. The van der Waals surface area contributed by atoms with Crippen LogP contribution < -0.4 is 14.4 Å². The van der Waals surface area contributed by atoms with Crippen LogP contribution in [0.5, 0.6) is 5.75 Å². The van der Waals surface area contributed by atoms with Crippen LogP contribution in [0.15, 0.2) is 89.8 Å². The van der Waals surface area contributed by atoms with Gasteiger partial charge in [0.1, 0.15) is 12.3 Å². The number of nitrogens with zero attached hydrogens (tertiary/aromatic N) is 1. The van der Waals surface area contributed by atoms with E-state index in [1.165, 1.54) is 24.8 Å². The molecule has 0 saturated heterocycles. The Morgan fingerprint density at radius 1 is 0.903 bits per heavy atom. The van der Waals surface area contributed by atoms with E-state index in [0.29, 0.717) is 18.0 Å². The number of carbonyl (C=O) groups is 1. The third-order valence-electron chi connectivity index (χ3n) is 4.78. The topological polar surface area (TPSA) is 75.7 Å². The molecule has 0 aliphatic heterocycles. The van der Waals surface area contributed by atoms with E-state index in [2.05, 4.69) is 5.32 Å². The molecule has 0 bridgehead atoms. The van der Waals surface area contributed by atoms with Crippen LogP contribution in [0.2, 0.25) is 0 Å². The fourth-order valence-electron chi connectivity index (χ4n) is 3.21. The Balaban J connectivity index is 1.75. The SMILES string of the molecule is COc1ccccc1N(CC(=O)NCCCc1ccccc1)S(=O)(=O)c1ccccc1. The Bertz CT molecular complexity index is 1090. The van der Waals surface area contributed by atoms with Crippen LogP contribution in [0.4, 0.5) is 5.69 Å². The van der Waals surface area contributed by atoms with Crippen LogP contribution >= 0.6 is 0 Å². The maximum absolute atomic E-state index is 13.3. The standard InChI is InChI=1S/C24H26N2O4S/c1-30-23-17-9-8-16-22(23)26(31(28,29)21-14-6-3-7-15-21)19-24(27)25-18-10-13-20-11-4-2-5-12-20/h2-9,11-12,14-17H,10,13,18-19H2,1H3,(H,25,27). The van der Waals surface area contributed by atoms with Gasteiger partial charge in [-0.05, 0) is 42.7 Å². The van der Waals surface area contributed by atoms with Gasteiger partial charge < -0.3 is 10.1 Å². The second-order valence-electron chi connectivity index (χ2n) is 6.94. The molecule has 31 heavy (non-hydrogen) atoms. The van der Waals surface area contributed by atoms with Gasteiger partial charge in [0.15, 0.2) is 0 Å². The number of sulfonamides is 1. The van der Waals surface area contributed by atoms with E-state index < -0.39 is 10.0 Å². The predicted molar refractivity (Wildman–Crippen MR) is 122 cm³/mol. The van der Waals surface area contributed by atoms with Gasteiger partial charge in [-0.2, -0.15) is 0 Å². The van der Waals surface area contributed by atoms with Gasteiger partial charge in [-0.1, -0.05) is 60.7 Å². The molecular weight excluding hydrogens is 412 g/mol. The minimum absolute atomic E-state index is 0.109. The average Bonchev–Trinajstić information content (AvgIpc) is 2.81. The van der Waals surface area contributed by atoms with E-state index in [1.807, 2.05) is 30.3 Å². The molecule has 3 aromatic rings. The summed E-state index contributed by atoms with van der Waals surface area (Å²) in [6, 6.07) is 24.8. The fourth-order valence-corrected chi connectivity index (χ4v) is 4.66. The van der Waals surface area contributed by atoms with E-state index in [4.69, 9.17) is 4.74 Å². The number of aryl methyl sites for hydroxylation is 1. The fraction of sp³-hybridized carbons (Fsp3) is 0.208. The molecule has 0 radical (unpaired) electrons. The number of rotatable bonds is 10. The van der Waals surface area contributed by atoms with Crippen molar-refractivity contribution in [1.82, 2.24) is 5.32 Å². The third kappa shape index (κ3) is 5.86. The summed E-state index contributed by atoms with van der Waals surface area (Å²) in [5.41, 5.74) is 1.51. The van der Waals surface area contributed by atoms with Crippen molar-refractivity contribution in [1.29, 1.82) is 0 Å². The molecule has 0 heterocycles. The molecule has 1 amide bonds. The first-order valence-corrected chi connectivity index (χ1v) is 11.5. The normalized spacial score (nSPS) is 11.0. The third-order valence-corrected chi connectivity index (χ3v) is 6.55. The van der Waals surface area contributed by atoms with Crippen LogP contribution in [0.3, 0.4) is 0 Å². The summed E-state index contributed by atoms with van der Waals surface area (Å²) in [7, 11) is -2.49. The molecule has 0 unspecified atom stereocenters. The number of amides is 1. The first-order chi connectivity index (χ1) is 15.0. The smallest absolute Gasteiger partial charge is 0.264 e. The largest absolute Gasteiger partial charge is 0.495 e. The van der Waals surface area contributed by atoms with E-state index in [9.17, 15) is 13.2 Å². The van der Waals surface area contributed by atoms with Crippen molar-refractivity contribution in [3.8, 4) is 5.75 Å². The lowest BCUT2D eigenvalue weighted by molar-refractivity contribution is -0.119. The zero-order valence-corrected chi connectivity index (χ0v) is 18.2. The quantitative estimate of drug-likeness (QED) is 0.491. The van der Waals surface area contributed by atoms with Gasteiger partial charge in [-0.15, -0.1) is 0 Å². The molecule has 0 fully saturated rings. The van der Waals surface area contributed by atoms with Gasteiger partial charge in [0.05, 0.1) is 17.7 Å². The molecule has 3 rings (SSSR count). The van der Waals surface area contributed by atoms with Crippen molar-refractivity contribution in [2.45, 2.75) is 17.7 Å². The lowest BCUT2D eigenvalue weighted by atomic mass is 10.1.